The maximum Gasteiger partial charge on any atom is 0.387 e. The molecule has 3 aromatic rings. The van der Waals surface area contributed by atoms with Gasteiger partial charge < -0.3 is 10.1 Å². The molecule has 0 atom stereocenters. The SMILES string of the molecule is CNC(=O)CSc1ncc(-c2ccc(Cl)c(Cl)c2)n1-c1ccc(OC(F)F)cc1. The van der Waals surface area contributed by atoms with Crippen LogP contribution in [0.1, 0.15) is 0 Å². The maximum atomic E-state index is 12.4. The number of hydrogen-bond acceptors (Lipinski definition) is 4. The number of imidazole rings is 1. The van der Waals surface area contributed by atoms with Gasteiger partial charge in [0.2, 0.25) is 5.91 Å². The van der Waals surface area contributed by atoms with E-state index in [0.717, 1.165) is 5.56 Å². The number of rotatable bonds is 7. The lowest BCUT2D eigenvalue weighted by atomic mass is 10.1. The third-order valence-corrected chi connectivity index (χ3v) is 5.57. The summed E-state index contributed by atoms with van der Waals surface area (Å²) in [6.45, 7) is -2.90. The standard InChI is InChI=1S/C19H15Cl2F2N3O2S/c1-24-17(27)10-29-19-25-9-16(11-2-7-14(20)15(21)8-11)26(19)12-3-5-13(6-4-12)28-18(22)23/h2-9,18H,10H2,1H3,(H,24,27). The van der Waals surface area contributed by atoms with Crippen molar-refractivity contribution in [2.75, 3.05) is 12.8 Å². The Labute approximate surface area is 180 Å². The molecule has 0 aliphatic carbocycles. The number of carbonyl (C=O) groups excluding carboxylic acids is 1. The highest BCUT2D eigenvalue weighted by molar-refractivity contribution is 7.99. The third kappa shape index (κ3) is 5.20. The number of nitrogens with one attached hydrogen (secondary N) is 1. The maximum absolute atomic E-state index is 12.4. The van der Waals surface area contributed by atoms with Crippen molar-refractivity contribution >= 4 is 40.9 Å². The van der Waals surface area contributed by atoms with Gasteiger partial charge in [0, 0.05) is 18.3 Å². The molecule has 3 rings (SSSR count). The summed E-state index contributed by atoms with van der Waals surface area (Å²) in [4.78, 5) is 16.1. The smallest absolute Gasteiger partial charge is 0.387 e. The van der Waals surface area contributed by atoms with Crippen LogP contribution in [-0.4, -0.2) is 34.9 Å². The molecular formula is C19H15Cl2F2N3O2S. The second-order valence-electron chi connectivity index (χ2n) is 5.72. The quantitative estimate of drug-likeness (QED) is 0.490. The minimum atomic E-state index is -2.90. The molecule has 0 bridgehead atoms. The summed E-state index contributed by atoms with van der Waals surface area (Å²) >= 11 is 13.4. The predicted molar refractivity (Wildman–Crippen MR) is 110 cm³/mol. The Hall–Kier alpha value is -2.29. The molecule has 29 heavy (non-hydrogen) atoms. The molecule has 1 aromatic heterocycles. The Balaban J connectivity index is 2.04. The molecule has 1 N–H and O–H groups in total. The van der Waals surface area contributed by atoms with Gasteiger partial charge >= 0.3 is 6.61 Å². The van der Waals surface area contributed by atoms with Crippen molar-refractivity contribution in [2.45, 2.75) is 11.8 Å². The molecule has 2 aromatic carbocycles. The normalized spacial score (nSPS) is 11.0. The second-order valence-corrected chi connectivity index (χ2v) is 7.48. The molecule has 0 aliphatic heterocycles. The first-order valence-corrected chi connectivity index (χ1v) is 10.0. The van der Waals surface area contributed by atoms with Crippen LogP contribution >= 0.6 is 35.0 Å². The van der Waals surface area contributed by atoms with Crippen LogP contribution in [-0.2, 0) is 4.79 Å². The summed E-state index contributed by atoms with van der Waals surface area (Å²) in [5, 5.41) is 3.92. The fourth-order valence-electron chi connectivity index (χ4n) is 2.52. The molecule has 0 saturated carbocycles. The summed E-state index contributed by atoms with van der Waals surface area (Å²) in [6, 6.07) is 11.3. The van der Waals surface area contributed by atoms with Crippen LogP contribution in [0.2, 0.25) is 10.0 Å². The van der Waals surface area contributed by atoms with E-state index >= 15 is 0 Å². The van der Waals surface area contributed by atoms with Gasteiger partial charge in [-0.05, 0) is 36.4 Å². The van der Waals surface area contributed by atoms with Crippen molar-refractivity contribution in [3.05, 3.63) is 58.7 Å². The van der Waals surface area contributed by atoms with Crippen molar-refractivity contribution in [1.29, 1.82) is 0 Å². The van der Waals surface area contributed by atoms with Crippen molar-refractivity contribution in [3.63, 3.8) is 0 Å². The zero-order chi connectivity index (χ0) is 21.0. The molecule has 0 unspecified atom stereocenters. The average molecular weight is 458 g/mol. The van der Waals surface area contributed by atoms with E-state index in [0.29, 0.717) is 26.6 Å². The Morgan fingerprint density at radius 1 is 1.21 bits per heavy atom. The Morgan fingerprint density at radius 2 is 1.93 bits per heavy atom. The van der Waals surface area contributed by atoms with Gasteiger partial charge in [-0.15, -0.1) is 0 Å². The van der Waals surface area contributed by atoms with E-state index in [1.54, 1.807) is 48.1 Å². The van der Waals surface area contributed by atoms with Crippen LogP contribution in [0.3, 0.4) is 0 Å². The third-order valence-electron chi connectivity index (χ3n) is 3.88. The highest BCUT2D eigenvalue weighted by atomic mass is 35.5. The lowest BCUT2D eigenvalue weighted by molar-refractivity contribution is -0.118. The van der Waals surface area contributed by atoms with Crippen LogP contribution in [0.25, 0.3) is 16.9 Å². The Morgan fingerprint density at radius 3 is 2.55 bits per heavy atom. The fourth-order valence-corrected chi connectivity index (χ4v) is 3.69. The van der Waals surface area contributed by atoms with Crippen LogP contribution in [0.15, 0.2) is 53.8 Å². The molecule has 0 spiro atoms. The largest absolute Gasteiger partial charge is 0.435 e. The van der Waals surface area contributed by atoms with E-state index in [1.807, 2.05) is 0 Å². The average Bonchev–Trinajstić information content (AvgIpc) is 3.12. The number of amides is 1. The minimum Gasteiger partial charge on any atom is -0.435 e. The van der Waals surface area contributed by atoms with Gasteiger partial charge in [0.25, 0.3) is 0 Å². The highest BCUT2D eigenvalue weighted by Crippen LogP contribution is 2.33. The molecule has 0 fully saturated rings. The van der Waals surface area contributed by atoms with E-state index in [4.69, 9.17) is 23.2 Å². The monoisotopic (exact) mass is 457 g/mol. The van der Waals surface area contributed by atoms with Crippen LogP contribution in [0, 0.1) is 0 Å². The zero-order valence-electron chi connectivity index (χ0n) is 15.0. The molecule has 5 nitrogen and oxygen atoms in total. The van der Waals surface area contributed by atoms with E-state index < -0.39 is 6.61 Å². The lowest BCUT2D eigenvalue weighted by Gasteiger charge is -2.13. The number of carbonyl (C=O) groups is 1. The molecule has 10 heteroatoms. The fraction of sp³-hybridized carbons (Fsp3) is 0.158. The van der Waals surface area contributed by atoms with Gasteiger partial charge in [0.15, 0.2) is 5.16 Å². The summed E-state index contributed by atoms with van der Waals surface area (Å²) in [6.07, 6.45) is 1.65. The number of aromatic nitrogens is 2. The van der Waals surface area contributed by atoms with Gasteiger partial charge in [-0.25, -0.2) is 4.98 Å². The molecule has 0 radical (unpaired) electrons. The number of hydrogen-bond donors (Lipinski definition) is 1. The number of halogens is 4. The van der Waals surface area contributed by atoms with E-state index in [-0.39, 0.29) is 17.4 Å². The first-order valence-electron chi connectivity index (χ1n) is 8.31. The molecular weight excluding hydrogens is 443 g/mol. The molecule has 0 saturated heterocycles. The summed E-state index contributed by atoms with van der Waals surface area (Å²) < 4.78 is 31.1. The number of thioether (sulfide) groups is 1. The Bertz CT molecular complexity index is 1010. The molecule has 1 amide bonds. The van der Waals surface area contributed by atoms with E-state index in [9.17, 15) is 13.6 Å². The van der Waals surface area contributed by atoms with Crippen LogP contribution < -0.4 is 10.1 Å². The number of alkyl halides is 2. The zero-order valence-corrected chi connectivity index (χ0v) is 17.4. The Kier molecular flexibility index (Phi) is 7.00. The number of ether oxygens (including phenoxy) is 1. The molecule has 0 aliphatic rings. The van der Waals surface area contributed by atoms with Gasteiger partial charge in [-0.2, -0.15) is 8.78 Å². The summed E-state index contributed by atoms with van der Waals surface area (Å²) in [5.74, 6) is 0.0572. The first kappa shape index (κ1) is 21.4. The van der Waals surface area contributed by atoms with Crippen LogP contribution in [0.4, 0.5) is 8.78 Å². The van der Waals surface area contributed by atoms with Crippen molar-refractivity contribution in [1.82, 2.24) is 14.9 Å². The number of benzene rings is 2. The minimum absolute atomic E-state index is 0.0412. The lowest BCUT2D eigenvalue weighted by Crippen LogP contribution is -2.20. The van der Waals surface area contributed by atoms with Crippen molar-refractivity contribution in [3.8, 4) is 22.7 Å². The summed E-state index contributed by atoms with van der Waals surface area (Å²) in [7, 11) is 1.55. The van der Waals surface area contributed by atoms with Gasteiger partial charge in [-0.1, -0.05) is 41.0 Å². The van der Waals surface area contributed by atoms with Gasteiger partial charge in [0.05, 0.1) is 27.7 Å². The van der Waals surface area contributed by atoms with Crippen molar-refractivity contribution < 1.29 is 18.3 Å². The predicted octanol–water partition coefficient (Wildman–Crippen LogP) is 5.29. The molecule has 152 valence electrons. The van der Waals surface area contributed by atoms with Crippen molar-refractivity contribution in [2.24, 2.45) is 0 Å². The topological polar surface area (TPSA) is 56.2 Å². The highest BCUT2D eigenvalue weighted by Gasteiger charge is 2.16. The molecule has 1 heterocycles. The number of nitrogens with zero attached hydrogens (tertiary/aromatic N) is 2. The first-order chi connectivity index (χ1) is 13.9. The van der Waals surface area contributed by atoms with E-state index in [1.165, 1.54) is 23.9 Å². The summed E-state index contributed by atoms with van der Waals surface area (Å²) in [5.41, 5.74) is 2.11. The second kappa shape index (κ2) is 9.47. The van der Waals surface area contributed by atoms with E-state index in [2.05, 4.69) is 15.0 Å². The van der Waals surface area contributed by atoms with Gasteiger partial charge in [0.1, 0.15) is 5.75 Å². The van der Waals surface area contributed by atoms with Gasteiger partial charge in [-0.3, -0.25) is 9.36 Å². The van der Waals surface area contributed by atoms with Crippen LogP contribution in [0.5, 0.6) is 5.75 Å².